The monoisotopic (exact) mass is 328 g/mol. The van der Waals surface area contributed by atoms with Crippen molar-refractivity contribution < 1.29 is 14.0 Å². The van der Waals surface area contributed by atoms with Gasteiger partial charge in [-0.15, -0.1) is 0 Å². The number of hydrogen-bond acceptors (Lipinski definition) is 2. The number of likely N-dealkylation sites (N-methyl/N-ethyl adjacent to an activating group) is 1. The van der Waals surface area contributed by atoms with E-state index in [0.717, 1.165) is 11.1 Å². The maximum absolute atomic E-state index is 12.9. The minimum atomic E-state index is -0.650. The van der Waals surface area contributed by atoms with E-state index in [0.29, 0.717) is 12.1 Å². The average Bonchev–Trinajstić information content (AvgIpc) is 2.56. The molecular formula is C19H21FN2O2. The third-order valence-electron chi connectivity index (χ3n) is 3.71. The van der Waals surface area contributed by atoms with E-state index < -0.39 is 6.04 Å². The number of amides is 2. The van der Waals surface area contributed by atoms with E-state index in [1.54, 1.807) is 44.3 Å². The van der Waals surface area contributed by atoms with Crippen molar-refractivity contribution in [3.05, 3.63) is 71.0 Å². The van der Waals surface area contributed by atoms with Crippen molar-refractivity contribution in [1.29, 1.82) is 0 Å². The van der Waals surface area contributed by atoms with Gasteiger partial charge < -0.3 is 10.2 Å². The molecule has 0 aliphatic rings. The van der Waals surface area contributed by atoms with Gasteiger partial charge in [-0.25, -0.2) is 4.39 Å². The molecule has 24 heavy (non-hydrogen) atoms. The molecule has 2 aromatic carbocycles. The van der Waals surface area contributed by atoms with Gasteiger partial charge in [-0.05, 0) is 43.7 Å². The molecule has 0 fully saturated rings. The van der Waals surface area contributed by atoms with Crippen molar-refractivity contribution in [2.24, 2.45) is 0 Å². The highest BCUT2D eigenvalue weighted by Gasteiger charge is 2.20. The first-order valence-corrected chi connectivity index (χ1v) is 7.74. The Hall–Kier alpha value is -2.69. The van der Waals surface area contributed by atoms with Crippen molar-refractivity contribution in [3.8, 4) is 0 Å². The molecule has 2 rings (SSSR count). The molecule has 126 valence electrons. The second-order valence-electron chi connectivity index (χ2n) is 5.89. The lowest BCUT2D eigenvalue weighted by molar-refractivity contribution is -0.132. The van der Waals surface area contributed by atoms with Crippen LogP contribution in [-0.4, -0.2) is 29.8 Å². The molecule has 0 saturated carbocycles. The second-order valence-corrected chi connectivity index (χ2v) is 5.89. The number of hydrogen-bond donors (Lipinski definition) is 1. The highest BCUT2D eigenvalue weighted by molar-refractivity contribution is 5.97. The lowest BCUT2D eigenvalue weighted by atomic mass is 10.1. The molecule has 0 saturated heterocycles. The van der Waals surface area contributed by atoms with Crippen LogP contribution in [0.2, 0.25) is 0 Å². The fraction of sp³-hybridized carbons (Fsp3) is 0.263. The number of carbonyl (C=O) groups is 2. The summed E-state index contributed by atoms with van der Waals surface area (Å²) in [5.74, 6) is -0.804. The van der Waals surface area contributed by atoms with Gasteiger partial charge in [-0.1, -0.05) is 29.8 Å². The third kappa shape index (κ3) is 4.65. The number of benzene rings is 2. The van der Waals surface area contributed by atoms with Crippen LogP contribution in [0.3, 0.4) is 0 Å². The fourth-order valence-electron chi connectivity index (χ4n) is 2.40. The van der Waals surface area contributed by atoms with Crippen LogP contribution in [-0.2, 0) is 11.3 Å². The molecule has 0 aromatic heterocycles. The molecule has 0 bridgehead atoms. The van der Waals surface area contributed by atoms with Crippen LogP contribution in [0.4, 0.5) is 4.39 Å². The molecule has 2 amide bonds. The molecule has 0 spiro atoms. The second kappa shape index (κ2) is 7.73. The molecule has 0 aliphatic heterocycles. The van der Waals surface area contributed by atoms with Crippen LogP contribution in [0.25, 0.3) is 0 Å². The molecule has 1 N–H and O–H groups in total. The van der Waals surface area contributed by atoms with Crippen LogP contribution in [0.15, 0.2) is 48.5 Å². The minimum Gasteiger partial charge on any atom is -0.341 e. The first-order chi connectivity index (χ1) is 11.4. The van der Waals surface area contributed by atoms with Gasteiger partial charge in [0.2, 0.25) is 5.91 Å². The van der Waals surface area contributed by atoms with Gasteiger partial charge in [0, 0.05) is 19.2 Å². The van der Waals surface area contributed by atoms with Crippen molar-refractivity contribution in [1.82, 2.24) is 10.2 Å². The lowest BCUT2D eigenvalue weighted by Crippen LogP contribution is -2.45. The Kier molecular flexibility index (Phi) is 5.68. The van der Waals surface area contributed by atoms with Crippen LogP contribution in [0.5, 0.6) is 0 Å². The smallest absolute Gasteiger partial charge is 0.251 e. The molecule has 1 unspecified atom stereocenters. The lowest BCUT2D eigenvalue weighted by Gasteiger charge is -2.22. The van der Waals surface area contributed by atoms with Crippen molar-refractivity contribution in [2.45, 2.75) is 26.4 Å². The van der Waals surface area contributed by atoms with Gasteiger partial charge in [0.1, 0.15) is 11.9 Å². The standard InChI is InChI=1S/C19H21FN2O2/c1-13-5-4-6-16(11-13)18(23)21-14(2)19(24)22(3)12-15-7-9-17(20)10-8-15/h4-11,14H,12H2,1-3H3,(H,21,23). The van der Waals surface area contributed by atoms with E-state index in [4.69, 9.17) is 0 Å². The van der Waals surface area contributed by atoms with Crippen molar-refractivity contribution >= 4 is 11.8 Å². The number of halogens is 1. The SMILES string of the molecule is Cc1cccc(C(=O)NC(C)C(=O)N(C)Cc2ccc(F)cc2)c1. The first-order valence-electron chi connectivity index (χ1n) is 7.74. The summed E-state index contributed by atoms with van der Waals surface area (Å²) >= 11 is 0. The predicted octanol–water partition coefficient (Wildman–Crippen LogP) is 2.91. The third-order valence-corrected chi connectivity index (χ3v) is 3.71. The molecule has 2 aromatic rings. The highest BCUT2D eigenvalue weighted by atomic mass is 19.1. The van der Waals surface area contributed by atoms with E-state index in [2.05, 4.69) is 5.32 Å². The zero-order chi connectivity index (χ0) is 17.7. The minimum absolute atomic E-state index is 0.208. The Morgan fingerprint density at radius 2 is 1.83 bits per heavy atom. The van der Waals surface area contributed by atoms with E-state index in [9.17, 15) is 14.0 Å². The summed E-state index contributed by atoms with van der Waals surface area (Å²) in [6.45, 7) is 3.91. The molecule has 0 aliphatic carbocycles. The van der Waals surface area contributed by atoms with Crippen LogP contribution >= 0.6 is 0 Å². The van der Waals surface area contributed by atoms with E-state index in [-0.39, 0.29) is 17.6 Å². The van der Waals surface area contributed by atoms with Crippen LogP contribution in [0.1, 0.15) is 28.4 Å². The Morgan fingerprint density at radius 1 is 1.17 bits per heavy atom. The summed E-state index contributed by atoms with van der Waals surface area (Å²) in [6.07, 6.45) is 0. The van der Waals surface area contributed by atoms with Crippen molar-refractivity contribution in [3.63, 3.8) is 0 Å². The molecular weight excluding hydrogens is 307 g/mol. The molecule has 4 nitrogen and oxygen atoms in total. The average molecular weight is 328 g/mol. The van der Waals surface area contributed by atoms with Crippen LogP contribution in [0, 0.1) is 12.7 Å². The van der Waals surface area contributed by atoms with E-state index in [1.165, 1.54) is 17.0 Å². The molecule has 0 heterocycles. The molecule has 0 radical (unpaired) electrons. The maximum Gasteiger partial charge on any atom is 0.251 e. The van der Waals surface area contributed by atoms with Gasteiger partial charge in [-0.3, -0.25) is 9.59 Å². The summed E-state index contributed by atoms with van der Waals surface area (Å²) < 4.78 is 12.9. The normalized spacial score (nSPS) is 11.7. The van der Waals surface area contributed by atoms with Crippen molar-refractivity contribution in [2.75, 3.05) is 7.05 Å². The number of nitrogens with one attached hydrogen (secondary N) is 1. The Labute approximate surface area is 141 Å². The maximum atomic E-state index is 12.9. The Balaban J connectivity index is 1.95. The largest absolute Gasteiger partial charge is 0.341 e. The van der Waals surface area contributed by atoms with E-state index in [1.807, 2.05) is 13.0 Å². The fourth-order valence-corrected chi connectivity index (χ4v) is 2.40. The molecule has 5 heteroatoms. The summed E-state index contributed by atoms with van der Waals surface area (Å²) in [4.78, 5) is 26.1. The summed E-state index contributed by atoms with van der Waals surface area (Å²) in [6, 6.07) is 12.5. The van der Waals surface area contributed by atoms with Crippen LogP contribution < -0.4 is 5.32 Å². The Bertz CT molecular complexity index is 728. The van der Waals surface area contributed by atoms with Gasteiger partial charge >= 0.3 is 0 Å². The van der Waals surface area contributed by atoms with E-state index >= 15 is 0 Å². The highest BCUT2D eigenvalue weighted by Crippen LogP contribution is 2.08. The summed E-state index contributed by atoms with van der Waals surface area (Å²) in [5.41, 5.74) is 2.33. The number of nitrogens with zero attached hydrogens (tertiary/aromatic N) is 1. The topological polar surface area (TPSA) is 49.4 Å². The van der Waals surface area contributed by atoms with Gasteiger partial charge in [0.05, 0.1) is 0 Å². The number of carbonyl (C=O) groups excluding carboxylic acids is 2. The number of aryl methyl sites for hydroxylation is 1. The first kappa shape index (κ1) is 17.7. The quantitative estimate of drug-likeness (QED) is 0.917. The summed E-state index contributed by atoms with van der Waals surface area (Å²) in [7, 11) is 1.65. The van der Waals surface area contributed by atoms with Gasteiger partial charge in [0.25, 0.3) is 5.91 Å². The number of rotatable bonds is 5. The van der Waals surface area contributed by atoms with Gasteiger partial charge in [0.15, 0.2) is 0 Å². The zero-order valence-corrected chi connectivity index (χ0v) is 14.0. The zero-order valence-electron chi connectivity index (χ0n) is 14.0. The van der Waals surface area contributed by atoms with Gasteiger partial charge in [-0.2, -0.15) is 0 Å². The molecule has 1 atom stereocenters. The summed E-state index contributed by atoms with van der Waals surface area (Å²) in [5, 5.41) is 2.71. The predicted molar refractivity (Wildman–Crippen MR) is 91.0 cm³/mol. The Morgan fingerprint density at radius 3 is 2.46 bits per heavy atom.